The molecule has 10 heavy (non-hydrogen) atoms. The van der Waals surface area contributed by atoms with E-state index in [9.17, 15) is 0 Å². The van der Waals surface area contributed by atoms with Crippen LogP contribution in [0.15, 0.2) is 0 Å². The quantitative estimate of drug-likeness (QED) is 0.438. The highest BCUT2D eigenvalue weighted by molar-refractivity contribution is 7.80. The summed E-state index contributed by atoms with van der Waals surface area (Å²) in [5.74, 6) is 0.454. The first-order chi connectivity index (χ1) is 4.84. The van der Waals surface area contributed by atoms with Crippen LogP contribution in [0.3, 0.4) is 0 Å². The molecule has 4 heteroatoms. The van der Waals surface area contributed by atoms with Gasteiger partial charge in [-0.25, -0.2) is 0 Å². The fourth-order valence-corrected chi connectivity index (χ4v) is 1.25. The number of hydrogen-bond donors (Lipinski definition) is 0. The number of morpholine rings is 1. The van der Waals surface area contributed by atoms with E-state index in [2.05, 4.69) is 4.90 Å². The SMILES string of the molecule is S=C(CCl)N1CCOCC1. The lowest BCUT2D eigenvalue weighted by Crippen LogP contribution is -2.40. The summed E-state index contributed by atoms with van der Waals surface area (Å²) in [6, 6.07) is 0. The Morgan fingerprint density at radius 3 is 2.60 bits per heavy atom. The van der Waals surface area contributed by atoms with E-state index in [1.54, 1.807) is 0 Å². The van der Waals surface area contributed by atoms with E-state index >= 15 is 0 Å². The van der Waals surface area contributed by atoms with Gasteiger partial charge in [-0.2, -0.15) is 0 Å². The molecule has 2 nitrogen and oxygen atoms in total. The Morgan fingerprint density at radius 1 is 1.50 bits per heavy atom. The molecule has 0 amide bonds. The molecule has 0 aromatic carbocycles. The molecule has 0 N–H and O–H groups in total. The molecule has 1 heterocycles. The van der Waals surface area contributed by atoms with Crippen LogP contribution in [0.4, 0.5) is 0 Å². The fourth-order valence-electron chi connectivity index (χ4n) is 0.897. The van der Waals surface area contributed by atoms with Crippen LogP contribution < -0.4 is 0 Å². The molecular weight excluding hydrogens is 170 g/mol. The molecule has 0 aromatic rings. The van der Waals surface area contributed by atoms with E-state index in [1.807, 2.05) is 0 Å². The summed E-state index contributed by atoms with van der Waals surface area (Å²) in [5, 5.41) is 0. The third-order valence-electron chi connectivity index (χ3n) is 1.48. The molecule has 0 spiro atoms. The van der Waals surface area contributed by atoms with Gasteiger partial charge >= 0.3 is 0 Å². The van der Waals surface area contributed by atoms with E-state index in [4.69, 9.17) is 28.6 Å². The highest BCUT2D eigenvalue weighted by atomic mass is 35.5. The van der Waals surface area contributed by atoms with Crippen LogP contribution in [0.1, 0.15) is 0 Å². The molecular formula is C6H10ClNOS. The molecule has 0 aromatic heterocycles. The highest BCUT2D eigenvalue weighted by Crippen LogP contribution is 1.99. The Hall–Kier alpha value is 0.140. The second-order valence-corrected chi connectivity index (χ2v) is 2.87. The summed E-state index contributed by atoms with van der Waals surface area (Å²) in [4.78, 5) is 2.93. The van der Waals surface area contributed by atoms with Gasteiger partial charge in [0.15, 0.2) is 0 Å². The number of hydrogen-bond acceptors (Lipinski definition) is 2. The Labute approximate surface area is 71.1 Å². The smallest absolute Gasteiger partial charge is 0.0930 e. The van der Waals surface area contributed by atoms with Crippen LogP contribution in [-0.4, -0.2) is 42.1 Å². The van der Waals surface area contributed by atoms with E-state index in [0.717, 1.165) is 31.3 Å². The molecule has 0 unspecified atom stereocenters. The lowest BCUT2D eigenvalue weighted by molar-refractivity contribution is 0.0689. The first-order valence-electron chi connectivity index (χ1n) is 3.26. The summed E-state index contributed by atoms with van der Waals surface area (Å²) in [6.45, 7) is 3.34. The van der Waals surface area contributed by atoms with Gasteiger partial charge in [0, 0.05) is 13.1 Å². The number of rotatable bonds is 1. The first kappa shape index (κ1) is 8.24. The number of alkyl halides is 1. The Balaban J connectivity index is 2.31. The van der Waals surface area contributed by atoms with Crippen LogP contribution >= 0.6 is 23.8 Å². The van der Waals surface area contributed by atoms with Crippen LogP contribution in [0, 0.1) is 0 Å². The number of thiocarbonyl (C=S) groups is 1. The van der Waals surface area contributed by atoms with Crippen molar-refractivity contribution >= 4 is 28.8 Å². The normalized spacial score (nSPS) is 19.1. The van der Waals surface area contributed by atoms with Crippen molar-refractivity contribution in [3.63, 3.8) is 0 Å². The van der Waals surface area contributed by atoms with Gasteiger partial charge in [0.2, 0.25) is 0 Å². The zero-order chi connectivity index (χ0) is 7.40. The summed E-state index contributed by atoms with van der Waals surface area (Å²) >= 11 is 10.6. The third kappa shape index (κ3) is 2.08. The standard InChI is InChI=1S/C6H10ClNOS/c7-5-6(10)8-1-3-9-4-2-8/h1-5H2. The van der Waals surface area contributed by atoms with Crippen LogP contribution in [-0.2, 0) is 4.74 Å². The fraction of sp³-hybridized carbons (Fsp3) is 0.833. The lowest BCUT2D eigenvalue weighted by atomic mass is 10.4. The molecule has 0 bridgehead atoms. The van der Waals surface area contributed by atoms with Crippen LogP contribution in [0.5, 0.6) is 0 Å². The Bertz CT molecular complexity index is 125. The average molecular weight is 180 g/mol. The molecule has 1 aliphatic heterocycles. The van der Waals surface area contributed by atoms with Gasteiger partial charge in [-0.3, -0.25) is 0 Å². The van der Waals surface area contributed by atoms with Gasteiger partial charge in [0.25, 0.3) is 0 Å². The van der Waals surface area contributed by atoms with Crippen molar-refractivity contribution in [1.29, 1.82) is 0 Å². The van der Waals surface area contributed by atoms with Gasteiger partial charge in [0.05, 0.1) is 24.1 Å². The van der Waals surface area contributed by atoms with E-state index in [1.165, 1.54) is 0 Å². The van der Waals surface area contributed by atoms with Crippen molar-refractivity contribution in [2.45, 2.75) is 0 Å². The topological polar surface area (TPSA) is 12.5 Å². The summed E-state index contributed by atoms with van der Waals surface area (Å²) in [6.07, 6.45) is 0. The lowest BCUT2D eigenvalue weighted by Gasteiger charge is -2.28. The minimum atomic E-state index is 0.454. The minimum absolute atomic E-state index is 0.454. The van der Waals surface area contributed by atoms with Gasteiger partial charge in [-0.15, -0.1) is 11.6 Å². The molecule has 1 saturated heterocycles. The van der Waals surface area contributed by atoms with Gasteiger partial charge in [-0.1, -0.05) is 12.2 Å². The van der Waals surface area contributed by atoms with Gasteiger partial charge < -0.3 is 9.64 Å². The predicted molar refractivity (Wildman–Crippen MR) is 45.7 cm³/mol. The number of halogens is 1. The zero-order valence-corrected chi connectivity index (χ0v) is 7.25. The minimum Gasteiger partial charge on any atom is -0.378 e. The van der Waals surface area contributed by atoms with Gasteiger partial charge in [-0.05, 0) is 0 Å². The summed E-state index contributed by atoms with van der Waals surface area (Å²) in [5.41, 5.74) is 0. The molecule has 0 saturated carbocycles. The third-order valence-corrected chi connectivity index (χ3v) is 2.29. The molecule has 58 valence electrons. The van der Waals surface area contributed by atoms with Crippen molar-refractivity contribution in [2.24, 2.45) is 0 Å². The Kier molecular flexibility index (Phi) is 3.39. The summed E-state index contributed by atoms with van der Waals surface area (Å²) in [7, 11) is 0. The maximum atomic E-state index is 5.56. The largest absolute Gasteiger partial charge is 0.378 e. The molecule has 1 aliphatic rings. The summed E-state index contributed by atoms with van der Waals surface area (Å²) < 4.78 is 5.15. The average Bonchev–Trinajstić information content (AvgIpc) is 2.05. The van der Waals surface area contributed by atoms with E-state index < -0.39 is 0 Å². The predicted octanol–water partition coefficient (Wildman–Crippen LogP) is 0.885. The second kappa shape index (κ2) is 4.11. The number of ether oxygens (including phenoxy) is 1. The van der Waals surface area contributed by atoms with E-state index in [-0.39, 0.29) is 0 Å². The van der Waals surface area contributed by atoms with Crippen molar-refractivity contribution in [2.75, 3.05) is 32.2 Å². The van der Waals surface area contributed by atoms with Crippen LogP contribution in [0.25, 0.3) is 0 Å². The van der Waals surface area contributed by atoms with Crippen molar-refractivity contribution in [3.05, 3.63) is 0 Å². The maximum Gasteiger partial charge on any atom is 0.0930 e. The van der Waals surface area contributed by atoms with Crippen molar-refractivity contribution < 1.29 is 4.74 Å². The van der Waals surface area contributed by atoms with E-state index in [0.29, 0.717) is 5.88 Å². The van der Waals surface area contributed by atoms with Crippen molar-refractivity contribution in [3.8, 4) is 0 Å². The molecule has 0 radical (unpaired) electrons. The molecule has 0 atom stereocenters. The molecule has 1 fully saturated rings. The van der Waals surface area contributed by atoms with Crippen LogP contribution in [0.2, 0.25) is 0 Å². The molecule has 0 aliphatic carbocycles. The molecule has 1 rings (SSSR count). The first-order valence-corrected chi connectivity index (χ1v) is 4.20. The highest BCUT2D eigenvalue weighted by Gasteiger charge is 2.11. The zero-order valence-electron chi connectivity index (χ0n) is 5.68. The monoisotopic (exact) mass is 179 g/mol. The maximum absolute atomic E-state index is 5.56. The number of nitrogens with zero attached hydrogens (tertiary/aromatic N) is 1. The van der Waals surface area contributed by atoms with Crippen molar-refractivity contribution in [1.82, 2.24) is 4.90 Å². The second-order valence-electron chi connectivity index (χ2n) is 2.13. The Morgan fingerprint density at radius 2 is 2.10 bits per heavy atom. The van der Waals surface area contributed by atoms with Gasteiger partial charge in [0.1, 0.15) is 0 Å².